The van der Waals surface area contributed by atoms with Crippen molar-refractivity contribution in [2.24, 2.45) is 12.0 Å². The molecule has 128 valence electrons. The molecule has 0 aliphatic rings. The summed E-state index contributed by atoms with van der Waals surface area (Å²) >= 11 is 5.96. The Morgan fingerprint density at radius 3 is 2.59 bits per heavy atom. The van der Waals surface area contributed by atoms with Crippen molar-refractivity contribution in [2.75, 3.05) is 32.1 Å². The number of guanidine groups is 1. The van der Waals surface area contributed by atoms with Crippen LogP contribution < -0.4 is 5.32 Å². The average molecular weight is 463 g/mol. The van der Waals surface area contributed by atoms with Crippen molar-refractivity contribution < 1.29 is 8.42 Å². The highest BCUT2D eigenvalue weighted by Crippen LogP contribution is 2.14. The number of rotatable bonds is 6. The fourth-order valence-corrected chi connectivity index (χ4v) is 2.86. The number of sulfone groups is 1. The van der Waals surface area contributed by atoms with E-state index in [-0.39, 0.29) is 35.5 Å². The fourth-order valence-electron chi connectivity index (χ4n) is 1.89. The Kier molecular flexibility index (Phi) is 9.40. The third-order valence-electron chi connectivity index (χ3n) is 3.18. The van der Waals surface area contributed by atoms with Gasteiger partial charge in [-0.1, -0.05) is 18.5 Å². The second-order valence-electron chi connectivity index (χ2n) is 4.83. The summed E-state index contributed by atoms with van der Waals surface area (Å²) in [6.07, 6.45) is 1.84. The molecule has 1 heterocycles. The molecule has 6 nitrogen and oxygen atoms in total. The molecule has 1 aromatic heterocycles. The van der Waals surface area contributed by atoms with Crippen molar-refractivity contribution in [3.05, 3.63) is 23.0 Å². The molecule has 1 rings (SSSR count). The van der Waals surface area contributed by atoms with Crippen molar-refractivity contribution in [3.8, 4) is 0 Å². The van der Waals surface area contributed by atoms with Crippen LogP contribution in [0.3, 0.4) is 0 Å². The first kappa shape index (κ1) is 21.5. The number of halogens is 2. The van der Waals surface area contributed by atoms with E-state index in [4.69, 9.17) is 11.6 Å². The summed E-state index contributed by atoms with van der Waals surface area (Å²) in [5.41, 5.74) is 1.05. The van der Waals surface area contributed by atoms with E-state index < -0.39 is 9.84 Å². The number of aryl methyl sites for hydroxylation is 1. The summed E-state index contributed by atoms with van der Waals surface area (Å²) in [5, 5.41) is 3.75. The molecule has 0 aliphatic heterocycles. The van der Waals surface area contributed by atoms with Gasteiger partial charge in [0.05, 0.1) is 17.3 Å². The van der Waals surface area contributed by atoms with E-state index in [1.54, 1.807) is 14.0 Å². The molecule has 0 fully saturated rings. The van der Waals surface area contributed by atoms with Crippen LogP contribution in [0.25, 0.3) is 0 Å². The van der Waals surface area contributed by atoms with Gasteiger partial charge in [-0.15, -0.1) is 24.0 Å². The lowest BCUT2D eigenvalue weighted by molar-refractivity contribution is 0.463. The van der Waals surface area contributed by atoms with Gasteiger partial charge in [0.15, 0.2) is 15.8 Å². The Labute approximate surface area is 154 Å². The maximum atomic E-state index is 11.5. The maximum Gasteiger partial charge on any atom is 0.193 e. The minimum absolute atomic E-state index is 0. The molecule has 1 aromatic rings. The lowest BCUT2D eigenvalue weighted by Crippen LogP contribution is -2.40. The molecule has 1 N–H and O–H groups in total. The van der Waals surface area contributed by atoms with Gasteiger partial charge in [0.1, 0.15) is 0 Å². The molecule has 22 heavy (non-hydrogen) atoms. The molecular formula is C13H24ClIN4O2S. The van der Waals surface area contributed by atoms with Crippen molar-refractivity contribution in [2.45, 2.75) is 13.5 Å². The summed E-state index contributed by atoms with van der Waals surface area (Å²) in [6.45, 7) is 2.62. The molecule has 0 saturated carbocycles. The SMILES string of the molecule is CCS(=O)(=O)CCNC(=NC)N(C)Cc1cc(Cl)cn1C.I. The zero-order chi connectivity index (χ0) is 16.0. The Morgan fingerprint density at radius 2 is 2.14 bits per heavy atom. The highest BCUT2D eigenvalue weighted by atomic mass is 127. The molecular weight excluding hydrogens is 439 g/mol. The highest BCUT2D eigenvalue weighted by molar-refractivity contribution is 14.0. The molecule has 0 atom stereocenters. The monoisotopic (exact) mass is 462 g/mol. The predicted molar refractivity (Wildman–Crippen MR) is 103 cm³/mol. The van der Waals surface area contributed by atoms with Crippen molar-refractivity contribution in [1.29, 1.82) is 0 Å². The first-order chi connectivity index (χ1) is 9.79. The molecule has 0 saturated heterocycles. The third kappa shape index (κ3) is 6.74. The largest absolute Gasteiger partial charge is 0.355 e. The van der Waals surface area contributed by atoms with E-state index in [1.807, 2.05) is 35.8 Å². The minimum atomic E-state index is -2.97. The summed E-state index contributed by atoms with van der Waals surface area (Å²) < 4.78 is 24.9. The fraction of sp³-hybridized carbons (Fsp3) is 0.615. The van der Waals surface area contributed by atoms with Crippen LogP contribution in [0, 0.1) is 0 Å². The van der Waals surface area contributed by atoms with Gasteiger partial charge in [0.25, 0.3) is 0 Å². The predicted octanol–water partition coefficient (Wildman–Crippen LogP) is 1.74. The quantitative estimate of drug-likeness (QED) is 0.397. The summed E-state index contributed by atoms with van der Waals surface area (Å²) in [5.74, 6) is 0.913. The number of hydrogen-bond donors (Lipinski definition) is 1. The topological polar surface area (TPSA) is 66.7 Å². The van der Waals surface area contributed by atoms with Gasteiger partial charge in [0.2, 0.25) is 0 Å². The van der Waals surface area contributed by atoms with Crippen molar-refractivity contribution in [3.63, 3.8) is 0 Å². The van der Waals surface area contributed by atoms with Gasteiger partial charge in [-0.3, -0.25) is 4.99 Å². The number of aromatic nitrogens is 1. The number of nitrogens with zero attached hydrogens (tertiary/aromatic N) is 3. The van der Waals surface area contributed by atoms with E-state index in [0.29, 0.717) is 24.1 Å². The number of aliphatic imine (C=N–C) groups is 1. The molecule has 0 spiro atoms. The molecule has 9 heteroatoms. The lowest BCUT2D eigenvalue weighted by atomic mass is 10.4. The maximum absolute atomic E-state index is 11.5. The van der Waals surface area contributed by atoms with E-state index in [9.17, 15) is 8.42 Å². The zero-order valence-corrected chi connectivity index (χ0v) is 17.2. The van der Waals surface area contributed by atoms with E-state index in [2.05, 4.69) is 10.3 Å². The minimum Gasteiger partial charge on any atom is -0.355 e. The number of nitrogens with one attached hydrogen (secondary N) is 1. The Bertz CT molecular complexity index is 601. The van der Waals surface area contributed by atoms with Gasteiger partial charge >= 0.3 is 0 Å². The normalized spacial score (nSPS) is 12.0. The van der Waals surface area contributed by atoms with Crippen molar-refractivity contribution in [1.82, 2.24) is 14.8 Å². The van der Waals surface area contributed by atoms with Gasteiger partial charge < -0.3 is 14.8 Å². The van der Waals surface area contributed by atoms with Crippen LogP contribution in [0.1, 0.15) is 12.6 Å². The van der Waals surface area contributed by atoms with E-state index in [0.717, 1.165) is 5.69 Å². The van der Waals surface area contributed by atoms with Gasteiger partial charge in [0, 0.05) is 45.3 Å². The van der Waals surface area contributed by atoms with Crippen LogP contribution in [-0.2, 0) is 23.4 Å². The van der Waals surface area contributed by atoms with E-state index in [1.165, 1.54) is 0 Å². The smallest absolute Gasteiger partial charge is 0.193 e. The second-order valence-corrected chi connectivity index (χ2v) is 7.74. The van der Waals surface area contributed by atoms with Crippen LogP contribution in [0.5, 0.6) is 0 Å². The van der Waals surface area contributed by atoms with Crippen LogP contribution in [-0.4, -0.2) is 56.0 Å². The number of hydrogen-bond acceptors (Lipinski definition) is 3. The third-order valence-corrected chi connectivity index (χ3v) is 5.10. The van der Waals surface area contributed by atoms with Crippen LogP contribution in [0.4, 0.5) is 0 Å². The van der Waals surface area contributed by atoms with Gasteiger partial charge in [-0.25, -0.2) is 8.42 Å². The Balaban J connectivity index is 0.00000441. The molecule has 0 unspecified atom stereocenters. The van der Waals surface area contributed by atoms with Crippen LogP contribution in [0.15, 0.2) is 17.3 Å². The lowest BCUT2D eigenvalue weighted by Gasteiger charge is -2.22. The molecule has 0 amide bonds. The molecule has 0 aliphatic carbocycles. The zero-order valence-electron chi connectivity index (χ0n) is 13.3. The molecule has 0 aromatic carbocycles. The first-order valence-electron chi connectivity index (χ1n) is 6.72. The average Bonchev–Trinajstić information content (AvgIpc) is 2.72. The summed E-state index contributed by atoms with van der Waals surface area (Å²) in [7, 11) is 2.53. The van der Waals surface area contributed by atoms with E-state index >= 15 is 0 Å². The van der Waals surface area contributed by atoms with Gasteiger partial charge in [-0.05, 0) is 6.07 Å². The summed E-state index contributed by atoms with van der Waals surface area (Å²) in [6, 6.07) is 1.90. The van der Waals surface area contributed by atoms with Gasteiger partial charge in [-0.2, -0.15) is 0 Å². The van der Waals surface area contributed by atoms with Crippen LogP contribution >= 0.6 is 35.6 Å². The van der Waals surface area contributed by atoms with Crippen molar-refractivity contribution >= 4 is 51.4 Å². The standard InChI is InChI=1S/C13H23ClN4O2S.HI/c1-5-21(19,20)7-6-16-13(15-2)18(4)10-12-8-11(14)9-17(12)3;/h8-9H,5-7,10H2,1-4H3,(H,15,16);1H. The molecule has 0 bridgehead atoms. The van der Waals surface area contributed by atoms with Crippen LogP contribution in [0.2, 0.25) is 5.02 Å². The highest BCUT2D eigenvalue weighted by Gasteiger charge is 2.11. The first-order valence-corrected chi connectivity index (χ1v) is 8.92. The Hall–Kier alpha value is -0.480. The Morgan fingerprint density at radius 1 is 1.50 bits per heavy atom. The summed E-state index contributed by atoms with van der Waals surface area (Å²) in [4.78, 5) is 6.08. The molecule has 0 radical (unpaired) electrons. The second kappa shape index (κ2) is 9.61.